The lowest BCUT2D eigenvalue weighted by Crippen LogP contribution is -2.41. The van der Waals surface area contributed by atoms with E-state index in [0.717, 1.165) is 19.4 Å². The van der Waals surface area contributed by atoms with Crippen molar-refractivity contribution >= 4 is 28.6 Å². The van der Waals surface area contributed by atoms with Crippen molar-refractivity contribution in [3.05, 3.63) is 34.6 Å². The molecule has 2 aromatic rings. The number of hydrogen-bond acceptors (Lipinski definition) is 5. The van der Waals surface area contributed by atoms with Crippen molar-refractivity contribution in [2.45, 2.75) is 82.5 Å². The molecule has 1 saturated carbocycles. The van der Waals surface area contributed by atoms with Crippen molar-refractivity contribution in [3.8, 4) is 0 Å². The van der Waals surface area contributed by atoms with Crippen molar-refractivity contribution in [1.82, 2.24) is 19.8 Å². The van der Waals surface area contributed by atoms with E-state index in [-0.39, 0.29) is 16.7 Å². The van der Waals surface area contributed by atoms with E-state index in [0.29, 0.717) is 40.7 Å². The van der Waals surface area contributed by atoms with Crippen LogP contribution < -0.4 is 10.9 Å². The predicted molar refractivity (Wildman–Crippen MR) is 119 cm³/mol. The van der Waals surface area contributed by atoms with Gasteiger partial charge in [0.05, 0.1) is 16.2 Å². The second-order valence-corrected chi connectivity index (χ2v) is 9.64. The van der Waals surface area contributed by atoms with Gasteiger partial charge in [-0.1, -0.05) is 23.9 Å². The summed E-state index contributed by atoms with van der Waals surface area (Å²) in [7, 11) is 0. The molecular formula is C22H32N4O2S. The number of hydrogen-bond donors (Lipinski definition) is 1. The maximum Gasteiger partial charge on any atom is 0.262 e. The van der Waals surface area contributed by atoms with Crippen LogP contribution >= 0.6 is 11.8 Å². The van der Waals surface area contributed by atoms with E-state index >= 15 is 0 Å². The highest BCUT2D eigenvalue weighted by atomic mass is 32.2. The normalized spacial score (nSPS) is 15.4. The Morgan fingerprint density at radius 3 is 2.48 bits per heavy atom. The minimum Gasteiger partial charge on any atom is -0.352 e. The maximum atomic E-state index is 13.2. The maximum absolute atomic E-state index is 13.2. The van der Waals surface area contributed by atoms with Crippen LogP contribution in [0.2, 0.25) is 0 Å². The number of carbonyl (C=O) groups excluding carboxylic acids is 1. The van der Waals surface area contributed by atoms with E-state index < -0.39 is 0 Å². The second kappa shape index (κ2) is 9.30. The van der Waals surface area contributed by atoms with Crippen molar-refractivity contribution in [2.24, 2.45) is 0 Å². The van der Waals surface area contributed by atoms with Gasteiger partial charge >= 0.3 is 0 Å². The first-order valence-electron chi connectivity index (χ1n) is 10.5. The highest BCUT2D eigenvalue weighted by Crippen LogP contribution is 2.25. The monoisotopic (exact) mass is 416 g/mol. The number of para-hydroxylation sites is 1. The summed E-state index contributed by atoms with van der Waals surface area (Å²) in [5.74, 6) is 0.0115. The summed E-state index contributed by atoms with van der Waals surface area (Å²) >= 11 is 1.37. The van der Waals surface area contributed by atoms with Gasteiger partial charge in [0.2, 0.25) is 5.91 Å². The van der Waals surface area contributed by atoms with Gasteiger partial charge in [-0.05, 0) is 59.6 Å². The van der Waals surface area contributed by atoms with E-state index in [1.165, 1.54) is 11.8 Å². The molecule has 1 N–H and O–H groups in total. The first-order chi connectivity index (χ1) is 13.8. The molecule has 1 aromatic heterocycles. The average molecular weight is 417 g/mol. The van der Waals surface area contributed by atoms with E-state index in [4.69, 9.17) is 4.98 Å². The molecule has 7 heteroatoms. The molecule has 3 rings (SSSR count). The van der Waals surface area contributed by atoms with Gasteiger partial charge in [-0.25, -0.2) is 4.98 Å². The molecule has 0 bridgehead atoms. The standard InChI is InChI=1S/C22H32N4O2S/c1-14(2)25(15(3)4)12-13-26-21(28)18-8-6-7-9-19(18)24-22(26)29-16(5)20(27)23-17-10-11-17/h6-9,14-17H,10-13H2,1-5H3,(H,23,27)/t16-/m0/s1. The Labute approximate surface area is 177 Å². The van der Waals surface area contributed by atoms with Crippen LogP contribution in [-0.4, -0.2) is 50.3 Å². The summed E-state index contributed by atoms with van der Waals surface area (Å²) in [5, 5.41) is 3.97. The van der Waals surface area contributed by atoms with E-state index in [1.54, 1.807) is 4.57 Å². The fourth-order valence-corrected chi connectivity index (χ4v) is 4.46. The van der Waals surface area contributed by atoms with Crippen molar-refractivity contribution in [3.63, 3.8) is 0 Å². The van der Waals surface area contributed by atoms with Crippen molar-refractivity contribution in [1.29, 1.82) is 0 Å². The summed E-state index contributed by atoms with van der Waals surface area (Å²) in [5.41, 5.74) is 0.635. The predicted octanol–water partition coefficient (Wildman–Crippen LogP) is 3.27. The minimum atomic E-state index is -0.304. The molecule has 0 spiro atoms. The van der Waals surface area contributed by atoms with E-state index in [2.05, 4.69) is 37.9 Å². The minimum absolute atomic E-state index is 0.0115. The molecule has 1 aliphatic rings. The number of benzene rings is 1. The molecule has 1 amide bonds. The van der Waals surface area contributed by atoms with Gasteiger partial charge in [0.15, 0.2) is 5.16 Å². The molecule has 1 aromatic carbocycles. The zero-order valence-corrected chi connectivity index (χ0v) is 18.8. The fourth-order valence-electron chi connectivity index (χ4n) is 3.52. The largest absolute Gasteiger partial charge is 0.352 e. The highest BCUT2D eigenvalue weighted by molar-refractivity contribution is 8.00. The summed E-state index contributed by atoms with van der Waals surface area (Å²) < 4.78 is 1.74. The lowest BCUT2D eigenvalue weighted by Gasteiger charge is -2.31. The van der Waals surface area contributed by atoms with Crippen LogP contribution in [0.25, 0.3) is 10.9 Å². The lowest BCUT2D eigenvalue weighted by molar-refractivity contribution is -0.120. The highest BCUT2D eigenvalue weighted by Gasteiger charge is 2.27. The first kappa shape index (κ1) is 21.8. The smallest absolute Gasteiger partial charge is 0.262 e. The van der Waals surface area contributed by atoms with Gasteiger partial charge in [0.25, 0.3) is 5.56 Å². The molecular weight excluding hydrogens is 384 g/mol. The Balaban J connectivity index is 1.90. The van der Waals surface area contributed by atoms with Crippen LogP contribution in [0.3, 0.4) is 0 Å². The third-order valence-corrected chi connectivity index (χ3v) is 6.40. The molecule has 1 aliphatic carbocycles. The third kappa shape index (κ3) is 5.39. The topological polar surface area (TPSA) is 67.2 Å². The summed E-state index contributed by atoms with van der Waals surface area (Å²) in [6.45, 7) is 11.9. The zero-order valence-electron chi connectivity index (χ0n) is 18.0. The van der Waals surface area contributed by atoms with Gasteiger partial charge in [0, 0.05) is 31.2 Å². The van der Waals surface area contributed by atoms with Crippen LogP contribution in [0.15, 0.2) is 34.2 Å². The molecule has 29 heavy (non-hydrogen) atoms. The van der Waals surface area contributed by atoms with Crippen LogP contribution in [0, 0.1) is 0 Å². The Morgan fingerprint density at radius 2 is 1.86 bits per heavy atom. The van der Waals surface area contributed by atoms with E-state index in [1.807, 2.05) is 31.2 Å². The average Bonchev–Trinajstić information content (AvgIpc) is 3.47. The molecule has 1 fully saturated rings. The van der Waals surface area contributed by atoms with Gasteiger partial charge < -0.3 is 5.32 Å². The number of fused-ring (bicyclic) bond motifs is 1. The summed E-state index contributed by atoms with van der Waals surface area (Å²) in [6, 6.07) is 8.52. The summed E-state index contributed by atoms with van der Waals surface area (Å²) in [6.07, 6.45) is 2.12. The van der Waals surface area contributed by atoms with Gasteiger partial charge in [-0.3, -0.25) is 19.1 Å². The fraction of sp³-hybridized carbons (Fsp3) is 0.591. The van der Waals surface area contributed by atoms with E-state index in [9.17, 15) is 9.59 Å². The number of aromatic nitrogens is 2. The zero-order chi connectivity index (χ0) is 21.1. The molecule has 0 aliphatic heterocycles. The molecule has 1 heterocycles. The molecule has 6 nitrogen and oxygen atoms in total. The summed E-state index contributed by atoms with van der Waals surface area (Å²) in [4.78, 5) is 32.8. The second-order valence-electron chi connectivity index (χ2n) is 8.34. The number of thioether (sulfide) groups is 1. The van der Waals surface area contributed by atoms with Gasteiger partial charge in [0.1, 0.15) is 0 Å². The first-order valence-corrected chi connectivity index (χ1v) is 11.4. The molecule has 158 valence electrons. The Morgan fingerprint density at radius 1 is 1.21 bits per heavy atom. The van der Waals surface area contributed by atoms with Crippen LogP contribution in [0.5, 0.6) is 0 Å². The number of carbonyl (C=O) groups is 1. The molecule has 0 radical (unpaired) electrons. The Bertz CT molecular complexity index is 913. The lowest BCUT2D eigenvalue weighted by atomic mass is 10.2. The Kier molecular flexibility index (Phi) is 7.01. The number of nitrogens with one attached hydrogen (secondary N) is 1. The van der Waals surface area contributed by atoms with Crippen LogP contribution in [0.4, 0.5) is 0 Å². The quantitative estimate of drug-likeness (QED) is 0.502. The van der Waals surface area contributed by atoms with Gasteiger partial charge in [-0.2, -0.15) is 0 Å². The number of amides is 1. The van der Waals surface area contributed by atoms with Gasteiger partial charge in [-0.15, -0.1) is 0 Å². The third-order valence-electron chi connectivity index (χ3n) is 5.31. The Hall–Kier alpha value is -1.86. The SMILES string of the molecule is CC(C)N(CCn1c(S[C@@H](C)C(=O)NC2CC2)nc2ccccc2c1=O)C(C)C. The molecule has 0 saturated heterocycles. The number of rotatable bonds is 9. The van der Waals surface area contributed by atoms with Crippen LogP contribution in [-0.2, 0) is 11.3 Å². The molecule has 1 atom stereocenters. The van der Waals surface area contributed by atoms with Crippen LogP contribution in [0.1, 0.15) is 47.5 Å². The number of nitrogens with zero attached hydrogens (tertiary/aromatic N) is 3. The van der Waals surface area contributed by atoms with Crippen molar-refractivity contribution < 1.29 is 4.79 Å². The van der Waals surface area contributed by atoms with Crippen molar-refractivity contribution in [2.75, 3.05) is 6.54 Å². The molecule has 0 unspecified atom stereocenters.